The molecule has 0 spiro atoms. The summed E-state index contributed by atoms with van der Waals surface area (Å²) in [6, 6.07) is 12.0. The first kappa shape index (κ1) is 28.8. The van der Waals surface area contributed by atoms with Crippen LogP contribution in [0.1, 0.15) is 56.0 Å². The Kier molecular flexibility index (Phi) is 8.00. The van der Waals surface area contributed by atoms with Gasteiger partial charge in [0, 0.05) is 52.3 Å². The zero-order valence-electron chi connectivity index (χ0n) is 24.9. The predicted octanol–water partition coefficient (Wildman–Crippen LogP) is 4.20. The van der Waals surface area contributed by atoms with E-state index in [2.05, 4.69) is 28.1 Å². The lowest BCUT2D eigenvalue weighted by atomic mass is 9.97. The second-order valence-electron chi connectivity index (χ2n) is 10.4. The van der Waals surface area contributed by atoms with E-state index in [1.165, 1.54) is 29.1 Å². The Morgan fingerprint density at radius 1 is 0.975 bits per heavy atom. The zero-order valence-corrected chi connectivity index (χ0v) is 24.9. The van der Waals surface area contributed by atoms with E-state index in [1.807, 2.05) is 58.2 Å². The number of rotatable bonds is 9. The molecule has 212 valence electrons. The number of nitrogens with zero attached hydrogens (tertiary/aromatic N) is 7. The largest absolute Gasteiger partial charge is 0.493 e. The number of hydrogen-bond donors (Lipinski definition) is 0. The molecular formula is C30H39N7O3. The maximum Gasteiger partial charge on any atom is 0.226 e. The SMILES string of the molecule is CCN(C)c1ccc(N(C(C)=O)C2(N(C)C(C)=O)C(C)=Nn3nc(CCOc4ccc(C)cc4C)nc32)c(C)c1. The summed E-state index contributed by atoms with van der Waals surface area (Å²) in [6.45, 7) is 14.1. The number of benzene rings is 2. The fraction of sp³-hybridized carbons (Fsp3) is 0.433. The van der Waals surface area contributed by atoms with Crippen molar-refractivity contribution in [3.05, 3.63) is 64.7 Å². The van der Waals surface area contributed by atoms with Crippen molar-refractivity contribution >= 4 is 28.9 Å². The Balaban J connectivity index is 1.76. The van der Waals surface area contributed by atoms with Gasteiger partial charge in [-0.3, -0.25) is 14.5 Å². The van der Waals surface area contributed by atoms with Crippen LogP contribution in [-0.2, 0) is 21.7 Å². The molecule has 0 saturated carbocycles. The minimum atomic E-state index is -1.39. The van der Waals surface area contributed by atoms with Gasteiger partial charge in [0.1, 0.15) is 5.75 Å². The van der Waals surface area contributed by atoms with Crippen LogP contribution in [0.2, 0.25) is 0 Å². The fourth-order valence-corrected chi connectivity index (χ4v) is 5.24. The second kappa shape index (κ2) is 11.1. The number of aryl methyl sites for hydroxylation is 3. The maximum atomic E-state index is 13.5. The molecule has 0 N–H and O–H groups in total. The Bertz CT molecular complexity index is 1480. The molecule has 1 aliphatic rings. The summed E-state index contributed by atoms with van der Waals surface area (Å²) in [6.07, 6.45) is 0.429. The van der Waals surface area contributed by atoms with Gasteiger partial charge in [-0.1, -0.05) is 17.7 Å². The van der Waals surface area contributed by atoms with Gasteiger partial charge in [-0.05, 0) is 70.0 Å². The number of ether oxygens (including phenoxy) is 1. The van der Waals surface area contributed by atoms with Crippen LogP contribution in [0.5, 0.6) is 5.75 Å². The van der Waals surface area contributed by atoms with Gasteiger partial charge in [-0.25, -0.2) is 4.98 Å². The van der Waals surface area contributed by atoms with E-state index in [9.17, 15) is 9.59 Å². The Labute approximate surface area is 236 Å². The Morgan fingerprint density at radius 2 is 1.70 bits per heavy atom. The standard InChI is InChI=1S/C30H39N7O3/c1-10-34(8)25-12-13-26(20(3)18-25)36(24(7)39)30(35(9)23(6)38)22(5)32-37-29(30)31-28(33-37)15-16-40-27-14-11-19(2)17-21(27)4/h11-14,17-18H,10,15-16H2,1-9H3. The summed E-state index contributed by atoms with van der Waals surface area (Å²) in [7, 11) is 3.68. The van der Waals surface area contributed by atoms with Gasteiger partial charge in [0.05, 0.1) is 12.3 Å². The molecule has 4 rings (SSSR count). The molecule has 1 unspecified atom stereocenters. The van der Waals surface area contributed by atoms with E-state index < -0.39 is 5.66 Å². The molecule has 10 heteroatoms. The fourth-order valence-electron chi connectivity index (χ4n) is 5.24. The van der Waals surface area contributed by atoms with Crippen LogP contribution in [0, 0.1) is 20.8 Å². The molecular weight excluding hydrogens is 506 g/mol. The molecule has 1 aliphatic heterocycles. The van der Waals surface area contributed by atoms with Crippen LogP contribution in [0.4, 0.5) is 11.4 Å². The van der Waals surface area contributed by atoms with Crippen LogP contribution < -0.4 is 14.5 Å². The molecule has 0 aliphatic carbocycles. The van der Waals surface area contributed by atoms with E-state index in [0.29, 0.717) is 36.1 Å². The van der Waals surface area contributed by atoms with E-state index >= 15 is 0 Å². The second-order valence-corrected chi connectivity index (χ2v) is 10.4. The van der Waals surface area contributed by atoms with Crippen LogP contribution in [0.25, 0.3) is 0 Å². The molecule has 3 aromatic rings. The van der Waals surface area contributed by atoms with Crippen LogP contribution in [0.3, 0.4) is 0 Å². The molecule has 1 atom stereocenters. The Morgan fingerprint density at radius 3 is 2.30 bits per heavy atom. The molecule has 2 aromatic carbocycles. The minimum absolute atomic E-state index is 0.239. The molecule has 0 bridgehead atoms. The number of carbonyl (C=O) groups excluding carboxylic acids is 2. The van der Waals surface area contributed by atoms with Crippen molar-refractivity contribution in [3.63, 3.8) is 0 Å². The lowest BCUT2D eigenvalue weighted by molar-refractivity contribution is -0.132. The third-order valence-electron chi connectivity index (χ3n) is 7.54. The first-order valence-electron chi connectivity index (χ1n) is 13.5. The minimum Gasteiger partial charge on any atom is -0.493 e. The molecule has 10 nitrogen and oxygen atoms in total. The maximum absolute atomic E-state index is 13.5. The number of amides is 2. The predicted molar refractivity (Wildman–Crippen MR) is 157 cm³/mol. The van der Waals surface area contributed by atoms with Crippen LogP contribution in [-0.4, -0.2) is 64.5 Å². The number of fused-ring (bicyclic) bond motifs is 1. The Hall–Kier alpha value is -4.21. The van der Waals surface area contributed by atoms with Crippen molar-refractivity contribution in [2.45, 2.75) is 60.5 Å². The van der Waals surface area contributed by atoms with Gasteiger partial charge in [0.15, 0.2) is 5.82 Å². The highest BCUT2D eigenvalue weighted by atomic mass is 16.5. The summed E-state index contributed by atoms with van der Waals surface area (Å²) in [4.78, 5) is 38.0. The van der Waals surface area contributed by atoms with Gasteiger partial charge < -0.3 is 14.5 Å². The molecule has 2 heterocycles. The lowest BCUT2D eigenvalue weighted by Crippen LogP contribution is -2.63. The average Bonchev–Trinajstić information content (AvgIpc) is 3.41. The smallest absolute Gasteiger partial charge is 0.226 e. The van der Waals surface area contributed by atoms with Crippen molar-refractivity contribution in [3.8, 4) is 5.75 Å². The molecule has 40 heavy (non-hydrogen) atoms. The highest BCUT2D eigenvalue weighted by molar-refractivity contribution is 6.07. The van der Waals surface area contributed by atoms with E-state index in [0.717, 1.165) is 29.1 Å². The molecule has 0 fully saturated rings. The van der Waals surface area contributed by atoms with Crippen LogP contribution in [0.15, 0.2) is 41.5 Å². The summed E-state index contributed by atoms with van der Waals surface area (Å²) >= 11 is 0. The third kappa shape index (κ3) is 4.94. The van der Waals surface area contributed by atoms with Gasteiger partial charge >= 0.3 is 0 Å². The van der Waals surface area contributed by atoms with E-state index in [-0.39, 0.29) is 11.8 Å². The molecule has 0 radical (unpaired) electrons. The first-order chi connectivity index (χ1) is 18.9. The van der Waals surface area contributed by atoms with Crippen LogP contribution >= 0.6 is 0 Å². The monoisotopic (exact) mass is 545 g/mol. The highest BCUT2D eigenvalue weighted by Crippen LogP contribution is 2.42. The van der Waals surface area contributed by atoms with Crippen molar-refractivity contribution in [1.82, 2.24) is 19.8 Å². The highest BCUT2D eigenvalue weighted by Gasteiger charge is 2.56. The quantitative estimate of drug-likeness (QED) is 0.374. The summed E-state index contributed by atoms with van der Waals surface area (Å²) in [5.74, 6) is 1.22. The molecule has 1 aromatic heterocycles. The number of carbonyl (C=O) groups is 2. The van der Waals surface area contributed by atoms with Gasteiger partial charge in [-0.15, -0.1) is 9.89 Å². The van der Waals surface area contributed by atoms with E-state index in [4.69, 9.17) is 9.72 Å². The number of anilines is 2. The third-order valence-corrected chi connectivity index (χ3v) is 7.54. The number of hydrogen-bond acceptors (Lipinski definition) is 7. The van der Waals surface area contributed by atoms with Gasteiger partial charge in [0.25, 0.3) is 0 Å². The van der Waals surface area contributed by atoms with Crippen molar-refractivity contribution in [2.24, 2.45) is 5.10 Å². The van der Waals surface area contributed by atoms with Crippen molar-refractivity contribution in [2.75, 3.05) is 37.0 Å². The normalized spacial score (nSPS) is 15.9. The average molecular weight is 546 g/mol. The van der Waals surface area contributed by atoms with Crippen molar-refractivity contribution < 1.29 is 14.3 Å². The topological polar surface area (TPSA) is 96.2 Å². The summed E-state index contributed by atoms with van der Waals surface area (Å²) in [5, 5.41) is 9.27. The van der Waals surface area contributed by atoms with E-state index in [1.54, 1.807) is 18.9 Å². The zero-order chi connectivity index (χ0) is 29.4. The summed E-state index contributed by atoms with van der Waals surface area (Å²) in [5.41, 5.74) is 3.95. The van der Waals surface area contributed by atoms with Gasteiger partial charge in [0.2, 0.25) is 23.3 Å². The summed E-state index contributed by atoms with van der Waals surface area (Å²) < 4.78 is 6.01. The molecule has 0 saturated heterocycles. The lowest BCUT2D eigenvalue weighted by Gasteiger charge is -2.45. The van der Waals surface area contributed by atoms with Crippen molar-refractivity contribution in [1.29, 1.82) is 0 Å². The number of aromatic nitrogens is 3. The van der Waals surface area contributed by atoms with Gasteiger partial charge in [-0.2, -0.15) is 5.10 Å². The molecule has 2 amide bonds. The first-order valence-corrected chi connectivity index (χ1v) is 13.5.